The van der Waals surface area contributed by atoms with Crippen molar-refractivity contribution in [3.05, 3.63) is 71.8 Å². The Balaban J connectivity index is 1.93. The van der Waals surface area contributed by atoms with Crippen LogP contribution in [0.1, 0.15) is 15.9 Å². The average Bonchev–Trinajstić information content (AvgIpc) is 2.92. The highest BCUT2D eigenvalue weighted by Gasteiger charge is 2.49. The van der Waals surface area contributed by atoms with E-state index in [0.717, 1.165) is 16.3 Å². The maximum Gasteiger partial charge on any atom is 0.399 e. The number of benzene rings is 3. The fraction of sp³-hybridized carbons (Fsp3) is 0.150. The number of carbonyl (C=O) groups excluding carboxylic acids is 1. The minimum atomic E-state index is -4.51. The first-order valence-electron chi connectivity index (χ1n) is 7.68. The zero-order valence-electron chi connectivity index (χ0n) is 12.6. The summed E-state index contributed by atoms with van der Waals surface area (Å²) in [6.45, 7) is 0. The molecule has 1 unspecified atom stereocenters. The number of Topliss-reactive ketones (excluding diaryl/α,β-unsaturated/α-hetero) is 1. The van der Waals surface area contributed by atoms with Gasteiger partial charge in [-0.25, -0.2) is 0 Å². The zero-order chi connectivity index (χ0) is 16.9. The summed E-state index contributed by atoms with van der Waals surface area (Å²) in [7, 11) is 0. The van der Waals surface area contributed by atoms with Crippen LogP contribution in [0.2, 0.25) is 0 Å². The smallest absolute Gasteiger partial charge is 0.293 e. The first kappa shape index (κ1) is 14.9. The van der Waals surface area contributed by atoms with Crippen molar-refractivity contribution in [2.75, 3.05) is 0 Å². The standard InChI is InChI=1S/C20H13F3O/c21-20(22,23)18-11-17-15(9-4-10-16(17)19(18)24)14-8-3-6-12-5-1-2-7-13(12)14/h1-10,18H,11H2. The van der Waals surface area contributed by atoms with E-state index in [1.807, 2.05) is 42.5 Å². The third-order valence-corrected chi connectivity index (χ3v) is 4.64. The molecule has 0 amide bonds. The molecule has 1 nitrogen and oxygen atoms in total. The van der Waals surface area contributed by atoms with Crippen molar-refractivity contribution >= 4 is 16.6 Å². The lowest BCUT2D eigenvalue weighted by Gasteiger charge is -2.13. The van der Waals surface area contributed by atoms with Gasteiger partial charge in [0.05, 0.1) is 0 Å². The lowest BCUT2D eigenvalue weighted by atomic mass is 9.93. The molecule has 0 aromatic heterocycles. The van der Waals surface area contributed by atoms with Gasteiger partial charge in [0.15, 0.2) is 5.78 Å². The zero-order valence-corrected chi connectivity index (χ0v) is 12.6. The molecule has 1 atom stereocenters. The van der Waals surface area contributed by atoms with Crippen LogP contribution < -0.4 is 0 Å². The predicted molar refractivity (Wildman–Crippen MR) is 87.0 cm³/mol. The number of hydrogen-bond donors (Lipinski definition) is 0. The van der Waals surface area contributed by atoms with Crippen LogP contribution in [0, 0.1) is 5.92 Å². The number of hydrogen-bond acceptors (Lipinski definition) is 1. The van der Waals surface area contributed by atoms with Gasteiger partial charge in [0.2, 0.25) is 0 Å². The molecule has 120 valence electrons. The van der Waals surface area contributed by atoms with Gasteiger partial charge in [-0.15, -0.1) is 0 Å². The lowest BCUT2D eigenvalue weighted by Crippen LogP contribution is -2.27. The van der Waals surface area contributed by atoms with Crippen LogP contribution in [-0.2, 0) is 6.42 Å². The molecule has 0 aliphatic heterocycles. The summed E-state index contributed by atoms with van der Waals surface area (Å²) in [6, 6.07) is 18.4. The van der Waals surface area contributed by atoms with Gasteiger partial charge in [0, 0.05) is 5.56 Å². The van der Waals surface area contributed by atoms with Crippen molar-refractivity contribution in [2.45, 2.75) is 12.6 Å². The van der Waals surface area contributed by atoms with E-state index in [1.54, 1.807) is 12.1 Å². The van der Waals surface area contributed by atoms with Gasteiger partial charge in [0.1, 0.15) is 5.92 Å². The number of rotatable bonds is 1. The van der Waals surface area contributed by atoms with Crippen LogP contribution in [0.25, 0.3) is 21.9 Å². The van der Waals surface area contributed by atoms with Gasteiger partial charge in [-0.1, -0.05) is 60.7 Å². The van der Waals surface area contributed by atoms with Crippen LogP contribution in [0.5, 0.6) is 0 Å². The highest BCUT2D eigenvalue weighted by molar-refractivity contribution is 6.06. The van der Waals surface area contributed by atoms with E-state index in [4.69, 9.17) is 0 Å². The Morgan fingerprint density at radius 2 is 1.42 bits per heavy atom. The molecule has 3 aromatic rings. The van der Waals surface area contributed by atoms with Gasteiger partial charge in [-0.05, 0) is 33.9 Å². The minimum absolute atomic E-state index is 0.197. The van der Waals surface area contributed by atoms with Crippen molar-refractivity contribution in [3.8, 4) is 11.1 Å². The Hall–Kier alpha value is -2.62. The maximum absolute atomic E-state index is 13.1. The van der Waals surface area contributed by atoms with Gasteiger partial charge in [-0.3, -0.25) is 4.79 Å². The van der Waals surface area contributed by atoms with Gasteiger partial charge < -0.3 is 0 Å². The highest BCUT2D eigenvalue weighted by atomic mass is 19.4. The summed E-state index contributed by atoms with van der Waals surface area (Å²) < 4.78 is 39.4. The maximum atomic E-state index is 13.1. The third kappa shape index (κ3) is 2.21. The Bertz CT molecular complexity index is 951. The molecule has 4 heteroatoms. The average molecular weight is 326 g/mol. The third-order valence-electron chi connectivity index (χ3n) is 4.64. The number of fused-ring (bicyclic) bond motifs is 2. The first-order chi connectivity index (χ1) is 11.5. The normalized spacial score (nSPS) is 17.3. The Labute approximate surface area is 136 Å². The van der Waals surface area contributed by atoms with Crippen molar-refractivity contribution < 1.29 is 18.0 Å². The van der Waals surface area contributed by atoms with Crippen LogP contribution in [0.15, 0.2) is 60.7 Å². The second-order valence-corrected chi connectivity index (χ2v) is 6.02. The number of ketones is 1. The molecule has 0 bridgehead atoms. The monoisotopic (exact) mass is 326 g/mol. The van der Waals surface area contributed by atoms with E-state index in [9.17, 15) is 18.0 Å². The summed E-state index contributed by atoms with van der Waals surface area (Å²) in [4.78, 5) is 12.2. The second-order valence-electron chi connectivity index (χ2n) is 6.02. The number of alkyl halides is 3. The largest absolute Gasteiger partial charge is 0.399 e. The van der Waals surface area contributed by atoms with Gasteiger partial charge in [0.25, 0.3) is 0 Å². The summed E-state index contributed by atoms with van der Waals surface area (Å²) in [5.41, 5.74) is 2.27. The molecular formula is C20H13F3O. The van der Waals surface area contributed by atoms with Gasteiger partial charge in [-0.2, -0.15) is 13.2 Å². The molecule has 0 radical (unpaired) electrons. The molecule has 24 heavy (non-hydrogen) atoms. The fourth-order valence-corrected chi connectivity index (χ4v) is 3.50. The molecule has 0 fully saturated rings. The topological polar surface area (TPSA) is 17.1 Å². The van der Waals surface area contributed by atoms with Crippen LogP contribution in [0.3, 0.4) is 0 Å². The van der Waals surface area contributed by atoms with Crippen LogP contribution in [-0.4, -0.2) is 12.0 Å². The summed E-state index contributed by atoms with van der Waals surface area (Å²) >= 11 is 0. The molecule has 1 aliphatic rings. The SMILES string of the molecule is O=C1c2cccc(-c3cccc4ccccc34)c2CC1C(F)(F)F. The first-order valence-corrected chi connectivity index (χ1v) is 7.68. The predicted octanol–water partition coefficient (Wildman–Crippen LogP) is 5.42. The van der Waals surface area contributed by atoms with Crippen molar-refractivity contribution in [1.29, 1.82) is 0 Å². The molecule has 3 aromatic carbocycles. The molecule has 1 aliphatic carbocycles. The van der Waals surface area contributed by atoms with Gasteiger partial charge >= 0.3 is 6.18 Å². The summed E-state index contributed by atoms with van der Waals surface area (Å²) in [6.07, 6.45) is -4.79. The van der Waals surface area contributed by atoms with E-state index in [-0.39, 0.29) is 12.0 Å². The Morgan fingerprint density at radius 1 is 0.792 bits per heavy atom. The molecule has 0 saturated carbocycles. The van der Waals surface area contributed by atoms with Crippen LogP contribution >= 0.6 is 0 Å². The molecule has 0 N–H and O–H groups in total. The van der Waals surface area contributed by atoms with Crippen LogP contribution in [0.4, 0.5) is 13.2 Å². The minimum Gasteiger partial charge on any atom is -0.293 e. The van der Waals surface area contributed by atoms with Crippen molar-refractivity contribution in [1.82, 2.24) is 0 Å². The van der Waals surface area contributed by atoms with E-state index < -0.39 is 17.9 Å². The highest BCUT2D eigenvalue weighted by Crippen LogP contribution is 2.42. The molecule has 0 spiro atoms. The second kappa shape index (κ2) is 5.20. The molecule has 0 saturated heterocycles. The van der Waals surface area contributed by atoms with Crippen molar-refractivity contribution in [2.24, 2.45) is 5.92 Å². The Morgan fingerprint density at radius 3 is 2.21 bits per heavy atom. The van der Waals surface area contributed by atoms with E-state index >= 15 is 0 Å². The summed E-state index contributed by atoms with van der Waals surface area (Å²) in [5, 5.41) is 1.99. The fourth-order valence-electron chi connectivity index (χ4n) is 3.50. The molecule has 0 heterocycles. The number of carbonyl (C=O) groups is 1. The summed E-state index contributed by atoms with van der Waals surface area (Å²) in [5.74, 6) is -2.75. The van der Waals surface area contributed by atoms with Crippen molar-refractivity contribution in [3.63, 3.8) is 0 Å². The van der Waals surface area contributed by atoms with E-state index in [0.29, 0.717) is 11.1 Å². The quantitative estimate of drug-likeness (QED) is 0.583. The van der Waals surface area contributed by atoms with E-state index in [1.165, 1.54) is 6.07 Å². The molecular weight excluding hydrogens is 313 g/mol. The lowest BCUT2D eigenvalue weighted by molar-refractivity contribution is -0.158. The number of halogens is 3. The van der Waals surface area contributed by atoms with E-state index in [2.05, 4.69) is 0 Å². The molecule has 4 rings (SSSR count). The Kier molecular flexibility index (Phi) is 3.23.